The maximum absolute atomic E-state index is 12.1. The van der Waals surface area contributed by atoms with Gasteiger partial charge < -0.3 is 14.2 Å². The summed E-state index contributed by atoms with van der Waals surface area (Å²) in [5, 5.41) is 4.08. The standard InChI is InChI=1S/C21H24N2O4/c1-3-10-25-18-7-5-17(6-8-18)21(24)23-22-13-15(2)11-16-4-9-19-20(12-16)27-14-26-19/h4-9,12-13,15H,3,10-11,14H2,1-2H3,(H,23,24). The average molecular weight is 368 g/mol. The molecular formula is C21H24N2O4. The maximum Gasteiger partial charge on any atom is 0.271 e. The maximum atomic E-state index is 12.1. The largest absolute Gasteiger partial charge is 0.494 e. The fraction of sp³-hybridized carbons (Fsp3) is 0.333. The van der Waals surface area contributed by atoms with Gasteiger partial charge >= 0.3 is 0 Å². The van der Waals surface area contributed by atoms with Crippen LogP contribution in [-0.2, 0) is 6.42 Å². The lowest BCUT2D eigenvalue weighted by atomic mass is 10.0. The minimum Gasteiger partial charge on any atom is -0.494 e. The van der Waals surface area contributed by atoms with Gasteiger partial charge in [0.1, 0.15) is 5.75 Å². The van der Waals surface area contributed by atoms with Crippen LogP contribution in [0.3, 0.4) is 0 Å². The smallest absolute Gasteiger partial charge is 0.271 e. The molecule has 0 saturated heterocycles. The van der Waals surface area contributed by atoms with Crippen molar-refractivity contribution in [3.63, 3.8) is 0 Å². The van der Waals surface area contributed by atoms with Crippen molar-refractivity contribution in [2.45, 2.75) is 26.7 Å². The van der Waals surface area contributed by atoms with E-state index in [1.807, 2.05) is 32.0 Å². The Morgan fingerprint density at radius 1 is 1.22 bits per heavy atom. The van der Waals surface area contributed by atoms with E-state index in [-0.39, 0.29) is 18.6 Å². The molecule has 1 N–H and O–H groups in total. The summed E-state index contributed by atoms with van der Waals surface area (Å²) in [6, 6.07) is 12.9. The molecule has 6 heteroatoms. The molecule has 2 aromatic rings. The molecule has 6 nitrogen and oxygen atoms in total. The summed E-state index contributed by atoms with van der Waals surface area (Å²) in [5.41, 5.74) is 4.24. The Hall–Kier alpha value is -3.02. The van der Waals surface area contributed by atoms with Gasteiger partial charge in [0.05, 0.1) is 6.61 Å². The Kier molecular flexibility index (Phi) is 6.30. The number of benzene rings is 2. The third-order valence-corrected chi connectivity index (χ3v) is 4.08. The predicted octanol–water partition coefficient (Wildman–Crippen LogP) is 3.80. The van der Waals surface area contributed by atoms with Gasteiger partial charge in [0, 0.05) is 11.8 Å². The topological polar surface area (TPSA) is 69.2 Å². The van der Waals surface area contributed by atoms with Crippen LogP contribution >= 0.6 is 0 Å². The van der Waals surface area contributed by atoms with Gasteiger partial charge in [-0.25, -0.2) is 5.43 Å². The molecule has 0 spiro atoms. The van der Waals surface area contributed by atoms with Gasteiger partial charge in [0.15, 0.2) is 11.5 Å². The van der Waals surface area contributed by atoms with Crippen molar-refractivity contribution in [3.8, 4) is 17.2 Å². The van der Waals surface area contributed by atoms with Gasteiger partial charge in [-0.05, 0) is 60.7 Å². The van der Waals surface area contributed by atoms with Crippen LogP contribution in [-0.4, -0.2) is 25.5 Å². The number of hydrogen-bond donors (Lipinski definition) is 1. The molecule has 1 amide bonds. The Balaban J connectivity index is 1.48. The molecule has 1 aliphatic heterocycles. The molecule has 0 bridgehead atoms. The number of ether oxygens (including phenoxy) is 3. The van der Waals surface area contributed by atoms with Gasteiger partial charge in [0.25, 0.3) is 5.91 Å². The number of nitrogens with one attached hydrogen (secondary N) is 1. The number of carbonyl (C=O) groups excluding carboxylic acids is 1. The summed E-state index contributed by atoms with van der Waals surface area (Å²) in [4.78, 5) is 12.1. The summed E-state index contributed by atoms with van der Waals surface area (Å²) in [7, 11) is 0. The van der Waals surface area contributed by atoms with Crippen LogP contribution in [0, 0.1) is 5.92 Å². The number of hydrazone groups is 1. The molecule has 27 heavy (non-hydrogen) atoms. The van der Waals surface area contributed by atoms with Gasteiger partial charge in [-0.15, -0.1) is 0 Å². The first kappa shape index (κ1) is 18.8. The highest BCUT2D eigenvalue weighted by atomic mass is 16.7. The predicted molar refractivity (Wildman–Crippen MR) is 104 cm³/mol. The number of amides is 1. The molecule has 142 valence electrons. The molecule has 0 radical (unpaired) electrons. The average Bonchev–Trinajstić information content (AvgIpc) is 3.14. The van der Waals surface area contributed by atoms with Crippen molar-refractivity contribution in [2.24, 2.45) is 11.0 Å². The SMILES string of the molecule is CCCOc1ccc(C(=O)NN=CC(C)Cc2ccc3c(c2)OCO3)cc1. The van der Waals surface area contributed by atoms with Crippen molar-refractivity contribution >= 4 is 12.1 Å². The summed E-state index contributed by atoms with van der Waals surface area (Å²) in [6.07, 6.45) is 3.47. The van der Waals surface area contributed by atoms with Gasteiger partial charge in [0.2, 0.25) is 6.79 Å². The number of carbonyl (C=O) groups is 1. The van der Waals surface area contributed by atoms with Crippen molar-refractivity contribution in [1.82, 2.24) is 5.43 Å². The van der Waals surface area contributed by atoms with Crippen molar-refractivity contribution in [1.29, 1.82) is 0 Å². The van der Waals surface area contributed by atoms with E-state index in [1.165, 1.54) is 0 Å². The molecule has 1 heterocycles. The molecule has 3 rings (SSSR count). The first-order valence-electron chi connectivity index (χ1n) is 9.10. The number of nitrogens with zero attached hydrogens (tertiary/aromatic N) is 1. The van der Waals surface area contributed by atoms with E-state index in [0.717, 1.165) is 35.7 Å². The molecular weight excluding hydrogens is 344 g/mol. The summed E-state index contributed by atoms with van der Waals surface area (Å²) in [6.45, 7) is 5.03. The summed E-state index contributed by atoms with van der Waals surface area (Å²) in [5.74, 6) is 2.23. The van der Waals surface area contributed by atoms with E-state index in [2.05, 4.69) is 10.5 Å². The second-order valence-corrected chi connectivity index (χ2v) is 6.46. The van der Waals surface area contributed by atoms with E-state index in [4.69, 9.17) is 14.2 Å². The molecule has 0 saturated carbocycles. The fourth-order valence-corrected chi connectivity index (χ4v) is 2.70. The minimum absolute atomic E-state index is 0.162. The lowest BCUT2D eigenvalue weighted by Gasteiger charge is -2.07. The second-order valence-electron chi connectivity index (χ2n) is 6.46. The van der Waals surface area contributed by atoms with Crippen LogP contribution in [0.4, 0.5) is 0 Å². The number of fused-ring (bicyclic) bond motifs is 1. The Bertz CT molecular complexity index is 802. The highest BCUT2D eigenvalue weighted by Crippen LogP contribution is 2.32. The molecule has 0 fully saturated rings. The monoisotopic (exact) mass is 368 g/mol. The van der Waals surface area contributed by atoms with Crippen LogP contribution in [0.2, 0.25) is 0 Å². The molecule has 0 aliphatic carbocycles. The Morgan fingerprint density at radius 3 is 2.78 bits per heavy atom. The van der Waals surface area contributed by atoms with Crippen molar-refractivity contribution in [3.05, 3.63) is 53.6 Å². The third-order valence-electron chi connectivity index (χ3n) is 4.08. The molecule has 1 aliphatic rings. The van der Waals surface area contributed by atoms with Gasteiger partial charge in [-0.2, -0.15) is 5.10 Å². The van der Waals surface area contributed by atoms with Gasteiger partial charge in [-0.3, -0.25) is 4.79 Å². The summed E-state index contributed by atoms with van der Waals surface area (Å²) < 4.78 is 16.2. The van der Waals surface area contributed by atoms with E-state index in [0.29, 0.717) is 12.2 Å². The molecule has 1 atom stereocenters. The van der Waals surface area contributed by atoms with Crippen molar-refractivity contribution < 1.29 is 19.0 Å². The third kappa shape index (κ3) is 5.23. The zero-order valence-electron chi connectivity index (χ0n) is 15.6. The lowest BCUT2D eigenvalue weighted by Crippen LogP contribution is -2.18. The lowest BCUT2D eigenvalue weighted by molar-refractivity contribution is 0.0955. The van der Waals surface area contributed by atoms with E-state index in [9.17, 15) is 4.79 Å². The van der Waals surface area contributed by atoms with Crippen LogP contribution in [0.25, 0.3) is 0 Å². The minimum atomic E-state index is -0.247. The first-order chi connectivity index (χ1) is 13.2. The summed E-state index contributed by atoms with van der Waals surface area (Å²) >= 11 is 0. The van der Waals surface area contributed by atoms with Crippen LogP contribution in [0.1, 0.15) is 36.2 Å². The number of hydrogen-bond acceptors (Lipinski definition) is 5. The van der Waals surface area contributed by atoms with E-state index >= 15 is 0 Å². The fourth-order valence-electron chi connectivity index (χ4n) is 2.70. The quantitative estimate of drug-likeness (QED) is 0.568. The Morgan fingerprint density at radius 2 is 2.00 bits per heavy atom. The second kappa shape index (κ2) is 9.07. The first-order valence-corrected chi connectivity index (χ1v) is 9.10. The normalized spacial score (nSPS) is 13.6. The van der Waals surface area contributed by atoms with Crippen LogP contribution in [0.5, 0.6) is 17.2 Å². The van der Waals surface area contributed by atoms with E-state index in [1.54, 1.807) is 30.5 Å². The van der Waals surface area contributed by atoms with Gasteiger partial charge in [-0.1, -0.05) is 19.9 Å². The molecule has 2 aromatic carbocycles. The zero-order chi connectivity index (χ0) is 19.1. The van der Waals surface area contributed by atoms with Crippen molar-refractivity contribution in [2.75, 3.05) is 13.4 Å². The molecule has 0 aromatic heterocycles. The Labute approximate surface area is 159 Å². The van der Waals surface area contributed by atoms with Crippen LogP contribution in [0.15, 0.2) is 47.6 Å². The zero-order valence-corrected chi connectivity index (χ0v) is 15.6. The number of rotatable bonds is 8. The van der Waals surface area contributed by atoms with Crippen LogP contribution < -0.4 is 19.6 Å². The van der Waals surface area contributed by atoms with E-state index < -0.39 is 0 Å². The molecule has 1 unspecified atom stereocenters. The highest BCUT2D eigenvalue weighted by Gasteiger charge is 2.14. The highest BCUT2D eigenvalue weighted by molar-refractivity contribution is 5.94.